The van der Waals surface area contributed by atoms with Crippen LogP contribution in [-0.4, -0.2) is 22.7 Å². The topological polar surface area (TPSA) is 37.8 Å². The lowest BCUT2D eigenvalue weighted by atomic mass is 10.4. The van der Waals surface area contributed by atoms with Gasteiger partial charge in [0.2, 0.25) is 0 Å². The molecule has 90 valence electrons. The Morgan fingerprint density at radius 3 is 2.62 bits per heavy atom. The van der Waals surface area contributed by atoms with Gasteiger partial charge in [-0.25, -0.2) is 8.78 Å². The summed E-state index contributed by atoms with van der Waals surface area (Å²) >= 11 is 0.523. The van der Waals surface area contributed by atoms with E-state index in [1.54, 1.807) is 0 Å². The second kappa shape index (κ2) is 4.25. The number of aromatic nitrogens is 2. The number of nitrogens with one attached hydrogen (secondary N) is 1. The maximum Gasteiger partial charge on any atom is 0.359 e. The van der Waals surface area contributed by atoms with E-state index in [2.05, 4.69) is 15.5 Å². The van der Waals surface area contributed by atoms with E-state index >= 15 is 0 Å². The zero-order valence-corrected chi connectivity index (χ0v) is 8.91. The van der Waals surface area contributed by atoms with Crippen molar-refractivity contribution in [1.82, 2.24) is 15.5 Å². The normalized spacial score (nSPS) is 17.1. The van der Waals surface area contributed by atoms with E-state index in [0.717, 1.165) is 12.8 Å². The molecule has 1 heterocycles. The molecule has 0 spiro atoms. The average Bonchev–Trinajstić information content (AvgIpc) is 2.92. The van der Waals surface area contributed by atoms with Crippen molar-refractivity contribution in [2.75, 3.05) is 0 Å². The predicted octanol–water partition coefficient (Wildman–Crippen LogP) is 2.15. The van der Waals surface area contributed by atoms with Crippen LogP contribution in [0.25, 0.3) is 0 Å². The molecule has 0 aliphatic heterocycles. The van der Waals surface area contributed by atoms with Gasteiger partial charge in [0.05, 0.1) is 0 Å². The second-order valence-electron chi connectivity index (χ2n) is 3.58. The summed E-state index contributed by atoms with van der Waals surface area (Å²) < 4.78 is 49.7. The molecule has 1 fully saturated rings. The van der Waals surface area contributed by atoms with Gasteiger partial charge in [-0.3, -0.25) is 0 Å². The Kier molecular flexibility index (Phi) is 3.11. The molecule has 0 atom stereocenters. The fourth-order valence-corrected chi connectivity index (χ4v) is 1.84. The summed E-state index contributed by atoms with van der Waals surface area (Å²) in [4.78, 5) is 0. The molecule has 1 aliphatic rings. The predicted molar refractivity (Wildman–Crippen MR) is 49.7 cm³/mol. The molecule has 8 heteroatoms. The van der Waals surface area contributed by atoms with E-state index in [0.29, 0.717) is 28.9 Å². The van der Waals surface area contributed by atoms with E-state index < -0.39 is 17.4 Å². The fraction of sp³-hybridized carbons (Fsp3) is 0.750. The lowest BCUT2D eigenvalue weighted by molar-refractivity contribution is -0.135. The van der Waals surface area contributed by atoms with Crippen molar-refractivity contribution in [3.8, 4) is 0 Å². The van der Waals surface area contributed by atoms with Crippen LogP contribution in [0.3, 0.4) is 0 Å². The Morgan fingerprint density at radius 2 is 2.06 bits per heavy atom. The Labute approximate surface area is 92.9 Å². The fourth-order valence-electron chi connectivity index (χ4n) is 1.07. The van der Waals surface area contributed by atoms with Crippen LogP contribution < -0.4 is 5.32 Å². The molecule has 2 rings (SSSR count). The molecule has 0 saturated heterocycles. The zero-order chi connectivity index (χ0) is 11.8. The molecule has 0 radical (unpaired) electrons. The van der Waals surface area contributed by atoms with Gasteiger partial charge < -0.3 is 5.32 Å². The quantitative estimate of drug-likeness (QED) is 0.819. The molecule has 0 aromatic carbocycles. The van der Waals surface area contributed by atoms with E-state index in [9.17, 15) is 17.6 Å². The Bertz CT molecular complexity index is 364. The first-order chi connectivity index (χ1) is 7.50. The third-order valence-electron chi connectivity index (χ3n) is 2.15. The van der Waals surface area contributed by atoms with Crippen molar-refractivity contribution >= 4 is 11.3 Å². The number of nitrogens with zero attached hydrogens (tertiary/aromatic N) is 2. The highest BCUT2D eigenvalue weighted by Crippen LogP contribution is 2.36. The summed E-state index contributed by atoms with van der Waals surface area (Å²) in [6.45, 7) is 0.307. The first-order valence-electron chi connectivity index (χ1n) is 4.72. The van der Waals surface area contributed by atoms with Crippen molar-refractivity contribution in [3.05, 3.63) is 10.0 Å². The van der Waals surface area contributed by atoms with Gasteiger partial charge in [-0.2, -0.15) is 8.78 Å². The smallest absolute Gasteiger partial charge is 0.308 e. The van der Waals surface area contributed by atoms with Gasteiger partial charge in [-0.05, 0) is 12.8 Å². The zero-order valence-electron chi connectivity index (χ0n) is 8.09. The SMILES string of the molecule is FC(F)C(F)(F)c1nnc(CNC2CC2)s1. The molecule has 1 saturated carbocycles. The summed E-state index contributed by atoms with van der Waals surface area (Å²) in [6.07, 6.45) is -1.64. The molecule has 0 amide bonds. The van der Waals surface area contributed by atoms with Gasteiger partial charge in [-0.15, -0.1) is 10.2 Å². The first kappa shape index (κ1) is 11.7. The summed E-state index contributed by atoms with van der Waals surface area (Å²) in [5.41, 5.74) is 0. The number of halogens is 4. The minimum absolute atomic E-state index is 0.307. The second-order valence-corrected chi connectivity index (χ2v) is 4.64. The Hall–Kier alpha value is -0.760. The lowest BCUT2D eigenvalue weighted by Crippen LogP contribution is -2.23. The van der Waals surface area contributed by atoms with Crippen LogP contribution in [0, 0.1) is 0 Å². The highest BCUT2D eigenvalue weighted by atomic mass is 32.1. The third kappa shape index (κ3) is 2.49. The van der Waals surface area contributed by atoms with E-state index in [4.69, 9.17) is 0 Å². The summed E-state index contributed by atoms with van der Waals surface area (Å²) in [5.74, 6) is -4.20. The highest BCUT2D eigenvalue weighted by molar-refractivity contribution is 7.11. The standard InChI is InChI=1S/C8H9F4N3S/c9-6(10)8(11,12)7-15-14-5(16-7)3-13-4-1-2-4/h4,6,13H,1-3H2. The first-order valence-corrected chi connectivity index (χ1v) is 5.54. The van der Waals surface area contributed by atoms with Crippen molar-refractivity contribution in [3.63, 3.8) is 0 Å². The van der Waals surface area contributed by atoms with Crippen molar-refractivity contribution in [2.45, 2.75) is 37.8 Å². The van der Waals surface area contributed by atoms with Crippen LogP contribution >= 0.6 is 11.3 Å². The molecule has 1 N–H and O–H groups in total. The number of rotatable bonds is 5. The van der Waals surface area contributed by atoms with Crippen LogP contribution in [0.2, 0.25) is 0 Å². The van der Waals surface area contributed by atoms with Gasteiger partial charge in [-0.1, -0.05) is 11.3 Å². The van der Waals surface area contributed by atoms with Gasteiger partial charge in [0.15, 0.2) is 5.01 Å². The van der Waals surface area contributed by atoms with Crippen molar-refractivity contribution < 1.29 is 17.6 Å². The third-order valence-corrected chi connectivity index (χ3v) is 3.15. The maximum absolute atomic E-state index is 12.8. The molecule has 3 nitrogen and oxygen atoms in total. The van der Waals surface area contributed by atoms with Gasteiger partial charge in [0, 0.05) is 12.6 Å². The Morgan fingerprint density at radius 1 is 1.38 bits per heavy atom. The van der Waals surface area contributed by atoms with E-state index in [1.165, 1.54) is 0 Å². The monoisotopic (exact) mass is 255 g/mol. The largest absolute Gasteiger partial charge is 0.359 e. The number of alkyl halides is 4. The molecular weight excluding hydrogens is 246 g/mol. The van der Waals surface area contributed by atoms with Crippen molar-refractivity contribution in [2.24, 2.45) is 0 Å². The van der Waals surface area contributed by atoms with Crippen LogP contribution in [0.5, 0.6) is 0 Å². The molecule has 1 aromatic heterocycles. The highest BCUT2D eigenvalue weighted by Gasteiger charge is 2.46. The number of hydrogen-bond donors (Lipinski definition) is 1. The minimum Gasteiger partial charge on any atom is -0.308 e. The van der Waals surface area contributed by atoms with Crippen LogP contribution in [-0.2, 0) is 12.5 Å². The van der Waals surface area contributed by atoms with E-state index in [-0.39, 0.29) is 0 Å². The summed E-state index contributed by atoms with van der Waals surface area (Å²) in [5, 5.41) is 8.99. The van der Waals surface area contributed by atoms with Crippen LogP contribution in [0.15, 0.2) is 0 Å². The molecular formula is C8H9F4N3S. The molecule has 16 heavy (non-hydrogen) atoms. The lowest BCUT2D eigenvalue weighted by Gasteiger charge is -2.10. The van der Waals surface area contributed by atoms with Crippen LogP contribution in [0.4, 0.5) is 17.6 Å². The summed E-state index contributed by atoms with van der Waals surface area (Å²) in [6, 6.07) is 0.406. The average molecular weight is 255 g/mol. The summed E-state index contributed by atoms with van der Waals surface area (Å²) in [7, 11) is 0. The maximum atomic E-state index is 12.8. The number of hydrogen-bond acceptors (Lipinski definition) is 4. The van der Waals surface area contributed by atoms with Crippen molar-refractivity contribution in [1.29, 1.82) is 0 Å². The van der Waals surface area contributed by atoms with Crippen LogP contribution in [0.1, 0.15) is 22.9 Å². The van der Waals surface area contributed by atoms with E-state index in [1.807, 2.05) is 0 Å². The molecule has 0 unspecified atom stereocenters. The minimum atomic E-state index is -4.20. The molecule has 1 aromatic rings. The van der Waals surface area contributed by atoms with Gasteiger partial charge in [0.25, 0.3) is 0 Å². The van der Waals surface area contributed by atoms with Gasteiger partial charge >= 0.3 is 12.3 Å². The molecule has 1 aliphatic carbocycles. The van der Waals surface area contributed by atoms with Gasteiger partial charge in [0.1, 0.15) is 5.01 Å². The molecule has 0 bridgehead atoms. The Balaban J connectivity index is 2.00.